The number of piperidine rings is 1. The zero-order valence-corrected chi connectivity index (χ0v) is 18.1. The number of hydrogen-bond donors (Lipinski definition) is 1. The molecule has 2 atom stereocenters. The average molecular weight is 469 g/mol. The van der Waals surface area contributed by atoms with Crippen LogP contribution in [0.3, 0.4) is 0 Å². The molecule has 0 aliphatic carbocycles. The smallest absolute Gasteiger partial charge is 0.255 e. The highest BCUT2D eigenvalue weighted by atomic mass is 79.9. The minimum absolute atomic E-state index is 0.0843. The lowest BCUT2D eigenvalue weighted by Crippen LogP contribution is -2.42. The van der Waals surface area contributed by atoms with Gasteiger partial charge in [0.2, 0.25) is 10.0 Å². The number of rotatable bonds is 4. The Kier molecular flexibility index (Phi) is 6.21. The van der Waals surface area contributed by atoms with Gasteiger partial charge >= 0.3 is 0 Å². The lowest BCUT2D eigenvalue weighted by molar-refractivity contribution is 0.102. The van der Waals surface area contributed by atoms with Crippen molar-refractivity contribution in [3.8, 4) is 0 Å². The predicted octanol–water partition coefficient (Wildman–Crippen LogP) is 4.51. The molecule has 3 rings (SSSR count). The standard InChI is InChI=1S/C20H22BrFN2O3S/c1-13-9-14(2)12-24(11-13)28(26,27)19-10-15(3-8-18(19)22)20(25)23-17-6-4-16(21)5-7-17/h3-8,10,13-14H,9,11-12H2,1-2H3,(H,23,25)/t13-,14+. The number of hydrogen-bond acceptors (Lipinski definition) is 3. The highest BCUT2D eigenvalue weighted by Gasteiger charge is 2.33. The maximum Gasteiger partial charge on any atom is 0.255 e. The quantitative estimate of drug-likeness (QED) is 0.717. The molecule has 1 saturated heterocycles. The van der Waals surface area contributed by atoms with Gasteiger partial charge in [0.1, 0.15) is 10.7 Å². The van der Waals surface area contributed by atoms with Crippen molar-refractivity contribution < 1.29 is 17.6 Å². The summed E-state index contributed by atoms with van der Waals surface area (Å²) in [6.07, 6.45) is 0.935. The molecule has 8 heteroatoms. The third-order valence-corrected chi connectivity index (χ3v) is 7.12. The van der Waals surface area contributed by atoms with E-state index >= 15 is 0 Å². The molecular weight excluding hydrogens is 447 g/mol. The van der Waals surface area contributed by atoms with E-state index in [1.165, 1.54) is 10.4 Å². The molecule has 1 amide bonds. The maximum atomic E-state index is 14.4. The van der Waals surface area contributed by atoms with Crippen molar-refractivity contribution in [2.24, 2.45) is 11.8 Å². The second-order valence-corrected chi connectivity index (χ2v) is 10.2. The Hall–Kier alpha value is -1.77. The Labute approximate surface area is 173 Å². The van der Waals surface area contributed by atoms with Gasteiger partial charge in [0.05, 0.1) is 0 Å². The first kappa shape index (κ1) is 21.0. The van der Waals surface area contributed by atoms with E-state index < -0.39 is 26.6 Å². The highest BCUT2D eigenvalue weighted by molar-refractivity contribution is 9.10. The van der Waals surface area contributed by atoms with Crippen molar-refractivity contribution in [1.29, 1.82) is 0 Å². The Morgan fingerprint density at radius 2 is 1.71 bits per heavy atom. The van der Waals surface area contributed by atoms with Gasteiger partial charge in [0, 0.05) is 28.8 Å². The van der Waals surface area contributed by atoms with Gasteiger partial charge < -0.3 is 5.32 Å². The van der Waals surface area contributed by atoms with E-state index in [1.807, 2.05) is 13.8 Å². The zero-order chi connectivity index (χ0) is 20.5. The summed E-state index contributed by atoms with van der Waals surface area (Å²) in [6.45, 7) is 4.66. The van der Waals surface area contributed by atoms with Crippen molar-refractivity contribution in [3.05, 3.63) is 58.3 Å². The van der Waals surface area contributed by atoms with Crippen LogP contribution in [-0.2, 0) is 10.0 Å². The maximum absolute atomic E-state index is 14.4. The van der Waals surface area contributed by atoms with Crippen molar-refractivity contribution in [2.45, 2.75) is 25.2 Å². The molecule has 1 aliphatic heterocycles. The van der Waals surface area contributed by atoms with E-state index in [9.17, 15) is 17.6 Å². The molecular formula is C20H22BrFN2O3S. The number of carbonyl (C=O) groups excluding carboxylic acids is 1. The monoisotopic (exact) mass is 468 g/mol. The summed E-state index contributed by atoms with van der Waals surface area (Å²) in [7, 11) is -4.02. The van der Waals surface area contributed by atoms with Gasteiger partial charge in [-0.1, -0.05) is 29.8 Å². The summed E-state index contributed by atoms with van der Waals surface area (Å²) in [5.41, 5.74) is 0.640. The lowest BCUT2D eigenvalue weighted by Gasteiger charge is -2.34. The molecule has 1 aliphatic rings. The van der Waals surface area contributed by atoms with Gasteiger partial charge in [-0.05, 0) is 60.7 Å². The fourth-order valence-electron chi connectivity index (χ4n) is 3.52. The summed E-state index contributed by atoms with van der Waals surface area (Å²) in [5.74, 6) is -0.957. The van der Waals surface area contributed by atoms with Gasteiger partial charge in [-0.25, -0.2) is 12.8 Å². The molecule has 0 bridgehead atoms. The largest absolute Gasteiger partial charge is 0.322 e. The second-order valence-electron chi connectivity index (χ2n) is 7.37. The van der Waals surface area contributed by atoms with Gasteiger partial charge in [0.25, 0.3) is 5.91 Å². The fraction of sp³-hybridized carbons (Fsp3) is 0.350. The number of nitrogens with zero attached hydrogens (tertiary/aromatic N) is 1. The lowest BCUT2D eigenvalue weighted by atomic mass is 9.94. The molecule has 0 saturated carbocycles. The van der Waals surface area contributed by atoms with Gasteiger partial charge in [-0.15, -0.1) is 0 Å². The second kappa shape index (κ2) is 8.31. The topological polar surface area (TPSA) is 66.5 Å². The van der Waals surface area contributed by atoms with Crippen LogP contribution in [0.25, 0.3) is 0 Å². The van der Waals surface area contributed by atoms with Crippen molar-refractivity contribution >= 4 is 37.5 Å². The molecule has 0 unspecified atom stereocenters. The minimum Gasteiger partial charge on any atom is -0.322 e. The van der Waals surface area contributed by atoms with Crippen LogP contribution in [0.1, 0.15) is 30.6 Å². The minimum atomic E-state index is -4.02. The molecule has 0 aromatic heterocycles. The van der Waals surface area contributed by atoms with E-state index in [2.05, 4.69) is 21.2 Å². The van der Waals surface area contributed by atoms with Gasteiger partial charge in [0.15, 0.2) is 0 Å². The molecule has 0 radical (unpaired) electrons. The Balaban J connectivity index is 1.88. The number of amides is 1. The summed E-state index contributed by atoms with van der Waals surface area (Å²) < 4.78 is 42.6. The zero-order valence-electron chi connectivity index (χ0n) is 15.7. The molecule has 2 aromatic rings. The van der Waals surface area contributed by atoms with Crippen LogP contribution >= 0.6 is 15.9 Å². The number of benzene rings is 2. The Morgan fingerprint density at radius 3 is 2.32 bits per heavy atom. The third kappa shape index (κ3) is 4.61. The fourth-order valence-corrected chi connectivity index (χ4v) is 5.55. The first-order chi connectivity index (χ1) is 13.2. The van der Waals surface area contributed by atoms with Crippen LogP contribution in [0, 0.1) is 17.7 Å². The number of carbonyl (C=O) groups is 1. The SMILES string of the molecule is C[C@@H]1C[C@H](C)CN(S(=O)(=O)c2cc(C(=O)Nc3ccc(Br)cc3)ccc2F)C1. The van der Waals surface area contributed by atoms with Crippen LogP contribution in [0.5, 0.6) is 0 Å². The van der Waals surface area contributed by atoms with E-state index in [0.717, 1.165) is 23.0 Å². The van der Waals surface area contributed by atoms with Crippen LogP contribution in [0.2, 0.25) is 0 Å². The van der Waals surface area contributed by atoms with Crippen LogP contribution in [0.15, 0.2) is 51.8 Å². The summed E-state index contributed by atoms with van der Waals surface area (Å²) in [6, 6.07) is 10.4. The molecule has 5 nitrogen and oxygen atoms in total. The first-order valence-corrected chi connectivity index (χ1v) is 11.3. The first-order valence-electron chi connectivity index (χ1n) is 9.03. The predicted molar refractivity (Wildman–Crippen MR) is 110 cm³/mol. The Morgan fingerprint density at radius 1 is 1.11 bits per heavy atom. The molecule has 1 heterocycles. The van der Waals surface area contributed by atoms with Crippen molar-refractivity contribution in [3.63, 3.8) is 0 Å². The van der Waals surface area contributed by atoms with E-state index in [-0.39, 0.29) is 17.4 Å². The highest BCUT2D eigenvalue weighted by Crippen LogP contribution is 2.28. The Bertz CT molecular complexity index is 969. The van der Waals surface area contributed by atoms with Crippen LogP contribution in [-0.4, -0.2) is 31.7 Å². The molecule has 1 fully saturated rings. The number of anilines is 1. The molecule has 28 heavy (non-hydrogen) atoms. The van der Waals surface area contributed by atoms with Gasteiger partial charge in [-0.2, -0.15) is 4.31 Å². The normalized spacial score (nSPS) is 20.7. The summed E-state index contributed by atoms with van der Waals surface area (Å²) in [4.78, 5) is 12.1. The van der Waals surface area contributed by atoms with E-state index in [1.54, 1.807) is 24.3 Å². The molecule has 150 valence electrons. The third-order valence-electron chi connectivity index (χ3n) is 4.75. The van der Waals surface area contributed by atoms with E-state index in [4.69, 9.17) is 0 Å². The summed E-state index contributed by atoms with van der Waals surface area (Å²) >= 11 is 3.32. The van der Waals surface area contributed by atoms with Crippen molar-refractivity contribution in [2.75, 3.05) is 18.4 Å². The van der Waals surface area contributed by atoms with Crippen LogP contribution in [0.4, 0.5) is 10.1 Å². The van der Waals surface area contributed by atoms with Gasteiger partial charge in [-0.3, -0.25) is 4.79 Å². The van der Waals surface area contributed by atoms with Crippen LogP contribution < -0.4 is 5.32 Å². The summed E-state index contributed by atoms with van der Waals surface area (Å²) in [5, 5.41) is 2.69. The average Bonchev–Trinajstić information content (AvgIpc) is 2.63. The number of sulfonamides is 1. The number of nitrogens with one attached hydrogen (secondary N) is 1. The number of halogens is 2. The van der Waals surface area contributed by atoms with Crippen molar-refractivity contribution in [1.82, 2.24) is 4.31 Å². The van der Waals surface area contributed by atoms with E-state index in [0.29, 0.717) is 18.8 Å². The molecule has 2 aromatic carbocycles. The molecule has 1 N–H and O–H groups in total. The molecule has 0 spiro atoms.